The summed E-state index contributed by atoms with van der Waals surface area (Å²) in [4.78, 5) is 29.4. The van der Waals surface area contributed by atoms with E-state index in [1.807, 2.05) is 44.0 Å². The first-order valence-corrected chi connectivity index (χ1v) is 10.8. The number of hydrogen-bond donors (Lipinski definition) is 2. The number of carbonyl (C=O) groups is 2. The van der Waals surface area contributed by atoms with Crippen molar-refractivity contribution in [2.24, 2.45) is 5.92 Å². The van der Waals surface area contributed by atoms with E-state index < -0.39 is 0 Å². The van der Waals surface area contributed by atoms with Gasteiger partial charge in [0.2, 0.25) is 5.91 Å². The lowest BCUT2D eigenvalue weighted by molar-refractivity contribution is -0.117. The van der Waals surface area contributed by atoms with Crippen molar-refractivity contribution in [1.29, 1.82) is 0 Å². The molecule has 8 nitrogen and oxygen atoms in total. The third-order valence-electron chi connectivity index (χ3n) is 5.28. The minimum atomic E-state index is -0.177. The molecule has 166 valence electrons. The number of nitrogens with zero attached hydrogens (tertiary/aromatic N) is 4. The van der Waals surface area contributed by atoms with Crippen LogP contribution in [0.5, 0.6) is 0 Å². The van der Waals surface area contributed by atoms with Crippen LogP contribution < -0.4 is 15.5 Å². The van der Waals surface area contributed by atoms with Gasteiger partial charge >= 0.3 is 0 Å². The Morgan fingerprint density at radius 3 is 2.77 bits per heavy atom. The van der Waals surface area contributed by atoms with Crippen molar-refractivity contribution in [3.05, 3.63) is 48.2 Å². The fourth-order valence-corrected chi connectivity index (χ4v) is 3.82. The standard InChI is InChI=1S/C23H32N6O2/c1-17(2)14-24-23(31)19-9-4-5-10-20(19)26-22(30)16-28(3)15-18-8-7-13-29(18)21-11-6-12-25-27-21/h4-6,9-12,17-18H,7-8,13-16H2,1-3H3,(H,24,31)(H,26,30). The second-order valence-corrected chi connectivity index (χ2v) is 8.47. The molecule has 1 fully saturated rings. The zero-order valence-corrected chi connectivity index (χ0v) is 18.5. The molecule has 2 amide bonds. The first kappa shape index (κ1) is 22.7. The average Bonchev–Trinajstić information content (AvgIpc) is 3.20. The summed E-state index contributed by atoms with van der Waals surface area (Å²) in [5.74, 6) is 0.916. The molecule has 31 heavy (non-hydrogen) atoms. The number of carbonyl (C=O) groups excluding carboxylic acids is 2. The van der Waals surface area contributed by atoms with Gasteiger partial charge in [-0.3, -0.25) is 14.5 Å². The molecule has 8 heteroatoms. The van der Waals surface area contributed by atoms with Gasteiger partial charge in [0.05, 0.1) is 17.8 Å². The molecular weight excluding hydrogens is 392 g/mol. The molecule has 0 aliphatic carbocycles. The lowest BCUT2D eigenvalue weighted by Gasteiger charge is -2.29. The predicted octanol–water partition coefficient (Wildman–Crippen LogP) is 2.40. The Bertz CT molecular complexity index is 873. The first-order valence-electron chi connectivity index (χ1n) is 10.8. The van der Waals surface area contributed by atoms with Gasteiger partial charge in [-0.25, -0.2) is 0 Å². The zero-order chi connectivity index (χ0) is 22.2. The third-order valence-corrected chi connectivity index (χ3v) is 5.28. The molecule has 2 aromatic rings. The maximum Gasteiger partial charge on any atom is 0.253 e. The maximum absolute atomic E-state index is 12.7. The van der Waals surface area contributed by atoms with Gasteiger partial charge in [0, 0.05) is 31.9 Å². The molecule has 2 heterocycles. The number of likely N-dealkylation sites (N-methyl/N-ethyl adjacent to an activating group) is 1. The molecule has 0 radical (unpaired) electrons. The van der Waals surface area contributed by atoms with Gasteiger partial charge in [-0.05, 0) is 50.1 Å². The molecule has 0 bridgehead atoms. The summed E-state index contributed by atoms with van der Waals surface area (Å²) in [6.07, 6.45) is 3.83. The molecule has 3 rings (SSSR count). The van der Waals surface area contributed by atoms with E-state index in [-0.39, 0.29) is 18.4 Å². The third kappa shape index (κ3) is 6.49. The fraction of sp³-hybridized carbons (Fsp3) is 0.478. The summed E-state index contributed by atoms with van der Waals surface area (Å²) < 4.78 is 0. The van der Waals surface area contributed by atoms with Gasteiger partial charge in [0.25, 0.3) is 5.91 Å². The number of anilines is 2. The maximum atomic E-state index is 12.7. The van der Waals surface area contributed by atoms with Crippen LogP contribution >= 0.6 is 0 Å². The van der Waals surface area contributed by atoms with E-state index in [1.54, 1.807) is 24.4 Å². The summed E-state index contributed by atoms with van der Waals surface area (Å²) in [7, 11) is 1.94. The van der Waals surface area contributed by atoms with Crippen molar-refractivity contribution in [3.8, 4) is 0 Å². The Balaban J connectivity index is 1.55. The lowest BCUT2D eigenvalue weighted by atomic mass is 10.1. The van der Waals surface area contributed by atoms with Gasteiger partial charge in [-0.15, -0.1) is 5.10 Å². The van der Waals surface area contributed by atoms with Crippen molar-refractivity contribution in [2.75, 3.05) is 43.4 Å². The highest BCUT2D eigenvalue weighted by molar-refractivity contribution is 6.04. The molecular formula is C23H32N6O2. The Labute approximate surface area is 184 Å². The van der Waals surface area contributed by atoms with Gasteiger partial charge < -0.3 is 15.5 Å². The zero-order valence-electron chi connectivity index (χ0n) is 18.5. The van der Waals surface area contributed by atoms with E-state index in [0.29, 0.717) is 29.8 Å². The van der Waals surface area contributed by atoms with Crippen molar-refractivity contribution in [1.82, 2.24) is 20.4 Å². The Morgan fingerprint density at radius 2 is 2.03 bits per heavy atom. The lowest BCUT2D eigenvalue weighted by Crippen LogP contribution is -2.42. The predicted molar refractivity (Wildman–Crippen MR) is 122 cm³/mol. The molecule has 0 saturated carbocycles. The molecule has 1 unspecified atom stereocenters. The van der Waals surface area contributed by atoms with Crippen molar-refractivity contribution in [2.45, 2.75) is 32.7 Å². The second-order valence-electron chi connectivity index (χ2n) is 8.47. The van der Waals surface area contributed by atoms with E-state index in [4.69, 9.17) is 0 Å². The average molecular weight is 425 g/mol. The molecule has 0 spiro atoms. The van der Waals surface area contributed by atoms with E-state index in [2.05, 4.69) is 25.7 Å². The number of hydrogen-bond acceptors (Lipinski definition) is 6. The normalized spacial score (nSPS) is 16.0. The van der Waals surface area contributed by atoms with Crippen LogP contribution in [0.1, 0.15) is 37.0 Å². The van der Waals surface area contributed by atoms with Crippen LogP contribution in [0.3, 0.4) is 0 Å². The number of aromatic nitrogens is 2. The highest BCUT2D eigenvalue weighted by Gasteiger charge is 2.27. The van der Waals surface area contributed by atoms with Gasteiger partial charge in [0.15, 0.2) is 5.82 Å². The minimum absolute atomic E-state index is 0.143. The number of amides is 2. The molecule has 1 saturated heterocycles. The largest absolute Gasteiger partial charge is 0.352 e. The summed E-state index contributed by atoms with van der Waals surface area (Å²) in [6.45, 7) is 6.61. The molecule has 1 aromatic carbocycles. The number of benzene rings is 1. The van der Waals surface area contributed by atoms with E-state index in [1.165, 1.54) is 0 Å². The van der Waals surface area contributed by atoms with Crippen LogP contribution in [0.15, 0.2) is 42.6 Å². The summed E-state index contributed by atoms with van der Waals surface area (Å²) in [5.41, 5.74) is 1.01. The summed E-state index contributed by atoms with van der Waals surface area (Å²) >= 11 is 0. The quantitative estimate of drug-likeness (QED) is 0.642. The highest BCUT2D eigenvalue weighted by atomic mass is 16.2. The van der Waals surface area contributed by atoms with Gasteiger partial charge in [0.1, 0.15) is 0 Å². The van der Waals surface area contributed by atoms with Crippen molar-refractivity contribution in [3.63, 3.8) is 0 Å². The molecule has 1 aliphatic heterocycles. The van der Waals surface area contributed by atoms with Gasteiger partial charge in [-0.2, -0.15) is 5.10 Å². The van der Waals surface area contributed by atoms with Crippen LogP contribution in [0, 0.1) is 5.92 Å². The fourth-order valence-electron chi connectivity index (χ4n) is 3.82. The topological polar surface area (TPSA) is 90.5 Å². The molecule has 1 atom stereocenters. The van der Waals surface area contributed by atoms with Crippen molar-refractivity contribution >= 4 is 23.3 Å². The van der Waals surface area contributed by atoms with Crippen LogP contribution in [-0.2, 0) is 4.79 Å². The highest BCUT2D eigenvalue weighted by Crippen LogP contribution is 2.23. The van der Waals surface area contributed by atoms with E-state index >= 15 is 0 Å². The Kier molecular flexibility index (Phi) is 7.94. The molecule has 1 aliphatic rings. The number of rotatable bonds is 9. The summed E-state index contributed by atoms with van der Waals surface area (Å²) in [5, 5.41) is 14.0. The second kappa shape index (κ2) is 10.9. The SMILES string of the molecule is CC(C)CNC(=O)c1ccccc1NC(=O)CN(C)CC1CCCN1c1cccnn1. The van der Waals surface area contributed by atoms with Crippen molar-refractivity contribution < 1.29 is 9.59 Å². The van der Waals surface area contributed by atoms with Gasteiger partial charge in [-0.1, -0.05) is 26.0 Å². The molecule has 2 N–H and O–H groups in total. The number of nitrogens with one attached hydrogen (secondary N) is 2. The first-order chi connectivity index (χ1) is 14.9. The van der Waals surface area contributed by atoms with Crippen LogP contribution in [-0.4, -0.2) is 66.2 Å². The van der Waals surface area contributed by atoms with Crippen LogP contribution in [0.25, 0.3) is 0 Å². The number of para-hydroxylation sites is 1. The van der Waals surface area contributed by atoms with Crippen LogP contribution in [0.2, 0.25) is 0 Å². The molecule has 1 aromatic heterocycles. The van der Waals surface area contributed by atoms with E-state index in [0.717, 1.165) is 31.7 Å². The monoisotopic (exact) mass is 424 g/mol. The Morgan fingerprint density at radius 1 is 1.23 bits per heavy atom. The smallest absolute Gasteiger partial charge is 0.253 e. The van der Waals surface area contributed by atoms with E-state index in [9.17, 15) is 9.59 Å². The minimum Gasteiger partial charge on any atom is -0.352 e. The summed E-state index contributed by atoms with van der Waals surface area (Å²) in [6, 6.07) is 11.3. The van der Waals surface area contributed by atoms with Crippen LogP contribution in [0.4, 0.5) is 11.5 Å². The Hall–Kier alpha value is -3.00.